The van der Waals surface area contributed by atoms with E-state index in [2.05, 4.69) is 15.3 Å². The molecule has 0 saturated heterocycles. The maximum atomic E-state index is 14.5. The number of aromatic amines is 1. The van der Waals surface area contributed by atoms with Gasteiger partial charge in [-0.25, -0.2) is 5.26 Å². The van der Waals surface area contributed by atoms with Gasteiger partial charge < -0.3 is 24.5 Å². The Labute approximate surface area is 322 Å². The standard InChI is InChI=1S/C41H28N2O11S2/c44-40-30-14-8-7-13-29(30)36-31(23-50-25-9-3-1-4-10-25)41(45)43-39-34(22-32(37(40)38(36)39)42-24-15-18-28(19-16-24)56(47,48)49)52-33-20-17-27(21-35(33)55-54-53-46)51-26-11-5-2-6-12-26/h1-22,42,46H,23H2,(H,43,45)(H,47,48,49). The molecule has 1 heterocycles. The van der Waals surface area contributed by atoms with E-state index in [1.165, 1.54) is 30.3 Å². The number of pyridine rings is 1. The molecule has 0 spiro atoms. The van der Waals surface area contributed by atoms with Gasteiger partial charge in [-0.15, -0.1) is 4.33 Å². The number of hydrogen-bond donors (Lipinski definition) is 4. The minimum atomic E-state index is -4.47. The monoisotopic (exact) mass is 788 g/mol. The Hall–Kier alpha value is -6.46. The summed E-state index contributed by atoms with van der Waals surface area (Å²) in [7, 11) is -4.47. The molecular formula is C41H28N2O11S2. The van der Waals surface area contributed by atoms with Gasteiger partial charge in [0.2, 0.25) is 0 Å². The highest BCUT2D eigenvalue weighted by Gasteiger charge is 2.33. The van der Waals surface area contributed by atoms with E-state index in [1.54, 1.807) is 66.7 Å². The molecule has 4 N–H and O–H groups in total. The molecule has 56 heavy (non-hydrogen) atoms. The number of carbonyl (C=O) groups is 1. The van der Waals surface area contributed by atoms with Crippen molar-refractivity contribution in [3.05, 3.63) is 161 Å². The Bertz CT molecular complexity index is 2780. The van der Waals surface area contributed by atoms with Crippen molar-refractivity contribution < 1.29 is 46.6 Å². The largest absolute Gasteiger partial charge is 0.489 e. The highest BCUT2D eigenvalue weighted by molar-refractivity contribution is 7.94. The molecule has 0 radical (unpaired) electrons. The lowest BCUT2D eigenvalue weighted by Gasteiger charge is -2.26. The van der Waals surface area contributed by atoms with Crippen LogP contribution in [0.25, 0.3) is 22.0 Å². The van der Waals surface area contributed by atoms with E-state index in [9.17, 15) is 22.6 Å². The smallest absolute Gasteiger partial charge is 0.294 e. The van der Waals surface area contributed by atoms with E-state index in [0.717, 1.165) is 0 Å². The van der Waals surface area contributed by atoms with Gasteiger partial charge in [0.15, 0.2) is 11.5 Å². The number of ether oxygens (including phenoxy) is 3. The lowest BCUT2D eigenvalue weighted by molar-refractivity contribution is -0.432. The van der Waals surface area contributed by atoms with Crippen LogP contribution >= 0.6 is 12.0 Å². The Morgan fingerprint density at radius 3 is 2.07 bits per heavy atom. The van der Waals surface area contributed by atoms with Crippen molar-refractivity contribution in [1.82, 2.24) is 4.98 Å². The first-order chi connectivity index (χ1) is 27.2. The number of carbonyl (C=O) groups excluding carboxylic acids is 1. The molecule has 0 fully saturated rings. The number of hydrogen-bond acceptors (Lipinski definition) is 12. The second-order valence-corrected chi connectivity index (χ2v) is 14.5. The lowest BCUT2D eigenvalue weighted by Crippen LogP contribution is -2.22. The van der Waals surface area contributed by atoms with Crippen LogP contribution in [0, 0.1) is 0 Å². The van der Waals surface area contributed by atoms with Crippen LogP contribution in [-0.2, 0) is 26.1 Å². The quantitative estimate of drug-likeness (QED) is 0.0376. The molecule has 0 unspecified atom stereocenters. The first-order valence-electron chi connectivity index (χ1n) is 16.8. The molecule has 6 aromatic carbocycles. The summed E-state index contributed by atoms with van der Waals surface area (Å²) in [5.74, 6) is 1.44. The normalized spacial score (nSPS) is 11.9. The summed E-state index contributed by atoms with van der Waals surface area (Å²) >= 11 is 0.625. The van der Waals surface area contributed by atoms with Gasteiger partial charge in [0.25, 0.3) is 15.7 Å². The number of benzene rings is 6. The summed E-state index contributed by atoms with van der Waals surface area (Å²) in [6.07, 6.45) is 0. The average Bonchev–Trinajstić information content (AvgIpc) is 3.20. The Morgan fingerprint density at radius 1 is 0.696 bits per heavy atom. The number of rotatable bonds is 13. The fourth-order valence-electron chi connectivity index (χ4n) is 6.40. The maximum Gasteiger partial charge on any atom is 0.294 e. The number of para-hydroxylation sites is 2. The third-order valence-electron chi connectivity index (χ3n) is 8.85. The second-order valence-electron chi connectivity index (χ2n) is 12.3. The highest BCUT2D eigenvalue weighted by atomic mass is 32.2. The van der Waals surface area contributed by atoms with E-state index in [-0.39, 0.29) is 51.1 Å². The lowest BCUT2D eigenvalue weighted by atomic mass is 9.81. The van der Waals surface area contributed by atoms with E-state index < -0.39 is 15.7 Å². The van der Waals surface area contributed by atoms with Crippen LogP contribution in [-0.4, -0.2) is 29.0 Å². The SMILES string of the molecule is O=C1c2ccccc2-c2c(COc3ccccc3)c(=O)[nH]c3c(Oc4ccc(Oc5ccccc5)cc4SOOO)cc(Nc4ccc(S(=O)(=O)O)cc4)c1c23. The minimum absolute atomic E-state index is 0.102. The zero-order valence-electron chi connectivity index (χ0n) is 28.8. The highest BCUT2D eigenvalue weighted by Crippen LogP contribution is 2.48. The van der Waals surface area contributed by atoms with Gasteiger partial charge in [-0.2, -0.15) is 8.42 Å². The van der Waals surface area contributed by atoms with Gasteiger partial charge in [-0.3, -0.25) is 14.1 Å². The third kappa shape index (κ3) is 7.33. The molecule has 280 valence electrons. The van der Waals surface area contributed by atoms with Gasteiger partial charge in [-0.1, -0.05) is 65.7 Å². The molecule has 0 bridgehead atoms. The van der Waals surface area contributed by atoms with Crippen LogP contribution in [0.2, 0.25) is 0 Å². The summed E-state index contributed by atoms with van der Waals surface area (Å²) < 4.78 is 56.5. The summed E-state index contributed by atoms with van der Waals surface area (Å²) in [6, 6.07) is 36.6. The predicted octanol–water partition coefficient (Wildman–Crippen LogP) is 9.32. The average molecular weight is 789 g/mol. The molecule has 1 aromatic heterocycles. The van der Waals surface area contributed by atoms with Crippen molar-refractivity contribution in [2.24, 2.45) is 0 Å². The number of nitrogens with one attached hydrogen (secondary N) is 2. The van der Waals surface area contributed by atoms with E-state index in [1.807, 2.05) is 36.4 Å². The fourth-order valence-corrected chi connectivity index (χ4v) is 7.34. The maximum absolute atomic E-state index is 14.5. The molecule has 0 amide bonds. The van der Waals surface area contributed by atoms with Crippen molar-refractivity contribution in [1.29, 1.82) is 0 Å². The minimum Gasteiger partial charge on any atom is -0.489 e. The first kappa shape index (κ1) is 36.5. The molecule has 1 aliphatic rings. The first-order valence-corrected chi connectivity index (χ1v) is 19.0. The van der Waals surface area contributed by atoms with Gasteiger partial charge in [0.05, 0.1) is 44.2 Å². The van der Waals surface area contributed by atoms with Crippen LogP contribution < -0.4 is 25.1 Å². The van der Waals surface area contributed by atoms with Crippen molar-refractivity contribution in [3.63, 3.8) is 0 Å². The third-order valence-corrected chi connectivity index (χ3v) is 10.3. The zero-order chi connectivity index (χ0) is 38.8. The summed E-state index contributed by atoms with van der Waals surface area (Å²) in [5.41, 5.74) is 2.12. The molecule has 0 saturated carbocycles. The Balaban J connectivity index is 1.33. The number of anilines is 2. The number of H-pyrrole nitrogens is 1. The number of ketones is 1. The molecule has 0 aliphatic heterocycles. The Kier molecular flexibility index (Phi) is 10.0. The van der Waals surface area contributed by atoms with Crippen LogP contribution in [0.4, 0.5) is 11.4 Å². The van der Waals surface area contributed by atoms with Crippen LogP contribution in [0.3, 0.4) is 0 Å². The van der Waals surface area contributed by atoms with Gasteiger partial charge in [0, 0.05) is 34.3 Å². The second kappa shape index (κ2) is 15.3. The fraction of sp³-hybridized carbons (Fsp3) is 0.0244. The van der Waals surface area contributed by atoms with E-state index in [4.69, 9.17) is 23.8 Å². The summed E-state index contributed by atoms with van der Waals surface area (Å²) in [5, 5.41) is 16.5. The van der Waals surface area contributed by atoms with Crippen LogP contribution in [0.15, 0.2) is 148 Å². The van der Waals surface area contributed by atoms with Gasteiger partial charge in [0.1, 0.15) is 29.6 Å². The van der Waals surface area contributed by atoms with Crippen molar-refractivity contribution in [2.75, 3.05) is 5.32 Å². The molecule has 13 nitrogen and oxygen atoms in total. The van der Waals surface area contributed by atoms with Crippen molar-refractivity contribution >= 4 is 50.2 Å². The molecule has 15 heteroatoms. The molecule has 7 aromatic rings. The molecule has 0 atom stereocenters. The van der Waals surface area contributed by atoms with E-state index in [0.29, 0.717) is 62.0 Å². The van der Waals surface area contributed by atoms with Crippen LogP contribution in [0.5, 0.6) is 28.7 Å². The van der Waals surface area contributed by atoms with Crippen molar-refractivity contribution in [3.8, 4) is 39.9 Å². The summed E-state index contributed by atoms with van der Waals surface area (Å²) in [6.45, 7) is -0.139. The van der Waals surface area contributed by atoms with E-state index >= 15 is 0 Å². The van der Waals surface area contributed by atoms with Crippen LogP contribution in [0.1, 0.15) is 21.5 Å². The van der Waals surface area contributed by atoms with Gasteiger partial charge >= 0.3 is 0 Å². The topological polar surface area (TPSA) is 183 Å². The summed E-state index contributed by atoms with van der Waals surface area (Å²) in [4.78, 5) is 31.6. The van der Waals surface area contributed by atoms with Gasteiger partial charge in [-0.05, 0) is 66.2 Å². The predicted molar refractivity (Wildman–Crippen MR) is 207 cm³/mol. The molecule has 8 rings (SSSR count). The molecule has 1 aliphatic carbocycles. The molecular weight excluding hydrogens is 761 g/mol. The Morgan fingerprint density at radius 2 is 1.38 bits per heavy atom. The number of fused-ring (bicyclic) bond motifs is 2. The number of aromatic nitrogens is 1. The zero-order valence-corrected chi connectivity index (χ0v) is 30.4. The van der Waals surface area contributed by atoms with Crippen molar-refractivity contribution in [2.45, 2.75) is 16.4 Å².